The molecule has 1 N–H and O–H groups in total. The molecule has 6 nitrogen and oxygen atoms in total. The van der Waals surface area contributed by atoms with Gasteiger partial charge in [0.2, 0.25) is 0 Å². The summed E-state index contributed by atoms with van der Waals surface area (Å²) in [5.74, 6) is 0.295. The molecule has 136 valence electrons. The quantitative estimate of drug-likeness (QED) is 0.714. The average Bonchev–Trinajstić information content (AvgIpc) is 2.62. The molecule has 0 aliphatic heterocycles. The minimum Gasteiger partial charge on any atom is -0.445 e. The van der Waals surface area contributed by atoms with Crippen molar-refractivity contribution < 1.29 is 19.1 Å². The number of hydrogen-bond acceptors (Lipinski definition) is 4. The lowest BCUT2D eigenvalue weighted by Crippen LogP contribution is -2.33. The van der Waals surface area contributed by atoms with Crippen LogP contribution in [0, 0.1) is 0 Å². The van der Waals surface area contributed by atoms with Gasteiger partial charge < -0.3 is 9.47 Å². The first kappa shape index (κ1) is 19.3. The monoisotopic (exact) mass is 374 g/mol. The van der Waals surface area contributed by atoms with Crippen LogP contribution in [0.3, 0.4) is 0 Å². The van der Waals surface area contributed by atoms with E-state index in [2.05, 4.69) is 11.9 Å². The van der Waals surface area contributed by atoms with E-state index in [1.807, 2.05) is 6.92 Å². The number of carbonyl (C=O) groups is 2. The molecular formula is C19H19ClN2O4. The van der Waals surface area contributed by atoms with Gasteiger partial charge in [-0.1, -0.05) is 30.3 Å². The molecule has 0 aromatic heterocycles. The van der Waals surface area contributed by atoms with Gasteiger partial charge in [-0.15, -0.1) is 0 Å². The molecule has 0 fully saturated rings. The maximum Gasteiger partial charge on any atom is 0.419 e. The summed E-state index contributed by atoms with van der Waals surface area (Å²) in [6.45, 7) is 5.83. The van der Waals surface area contributed by atoms with E-state index in [1.165, 1.54) is 17.0 Å². The molecule has 2 aromatic carbocycles. The molecule has 0 atom stereocenters. The minimum atomic E-state index is -0.621. The predicted molar refractivity (Wildman–Crippen MR) is 102 cm³/mol. The fourth-order valence-corrected chi connectivity index (χ4v) is 2.25. The summed E-state index contributed by atoms with van der Waals surface area (Å²) in [4.78, 5) is 25.5. The molecule has 0 radical (unpaired) electrons. The fraction of sp³-hybridized carbons (Fsp3) is 0.158. The Morgan fingerprint density at radius 3 is 2.62 bits per heavy atom. The van der Waals surface area contributed by atoms with Gasteiger partial charge in [-0.25, -0.2) is 9.59 Å². The minimum absolute atomic E-state index is 0.104. The molecule has 7 heteroatoms. The Labute approximate surface area is 157 Å². The van der Waals surface area contributed by atoms with E-state index in [0.717, 1.165) is 0 Å². The maximum absolute atomic E-state index is 12.5. The standard InChI is InChI=1S/C19H19ClN2O4/c1-3-12-25-18(23)21-15-6-5-7-17(13-15)26-19(24)22(4-2)16-10-8-14(20)9-11-16/h3,5-11,13H,1,4,12H2,2H3,(H,21,23). The molecule has 0 saturated heterocycles. The number of carbonyl (C=O) groups excluding carboxylic acids is 2. The summed E-state index contributed by atoms with van der Waals surface area (Å²) in [6.07, 6.45) is 0.305. The van der Waals surface area contributed by atoms with Gasteiger partial charge in [0.15, 0.2) is 0 Å². The van der Waals surface area contributed by atoms with Crippen molar-refractivity contribution in [2.45, 2.75) is 6.92 Å². The Morgan fingerprint density at radius 1 is 1.23 bits per heavy atom. The number of amides is 2. The molecule has 26 heavy (non-hydrogen) atoms. The van der Waals surface area contributed by atoms with E-state index in [1.54, 1.807) is 42.5 Å². The third kappa shape index (κ3) is 5.53. The molecule has 0 aliphatic rings. The summed E-state index contributed by atoms with van der Waals surface area (Å²) < 4.78 is 10.2. The van der Waals surface area contributed by atoms with Gasteiger partial charge in [0, 0.05) is 29.0 Å². The molecule has 0 unspecified atom stereocenters. The van der Waals surface area contributed by atoms with Gasteiger partial charge in [-0.2, -0.15) is 0 Å². The number of nitrogens with one attached hydrogen (secondary N) is 1. The van der Waals surface area contributed by atoms with Gasteiger partial charge in [-0.3, -0.25) is 10.2 Å². The first-order valence-electron chi connectivity index (χ1n) is 7.93. The molecule has 0 saturated carbocycles. The smallest absolute Gasteiger partial charge is 0.419 e. The van der Waals surface area contributed by atoms with Crippen LogP contribution in [0.15, 0.2) is 61.2 Å². The van der Waals surface area contributed by atoms with E-state index >= 15 is 0 Å². The number of benzene rings is 2. The highest BCUT2D eigenvalue weighted by molar-refractivity contribution is 6.30. The molecule has 0 aliphatic carbocycles. The van der Waals surface area contributed by atoms with E-state index < -0.39 is 12.2 Å². The predicted octanol–water partition coefficient (Wildman–Crippen LogP) is 5.10. The first-order valence-corrected chi connectivity index (χ1v) is 8.31. The zero-order valence-electron chi connectivity index (χ0n) is 14.3. The zero-order valence-corrected chi connectivity index (χ0v) is 15.0. The van der Waals surface area contributed by atoms with Gasteiger partial charge in [0.05, 0.1) is 0 Å². The van der Waals surface area contributed by atoms with Crippen molar-refractivity contribution in [3.63, 3.8) is 0 Å². The van der Waals surface area contributed by atoms with Gasteiger partial charge in [0.25, 0.3) is 0 Å². The third-order valence-electron chi connectivity index (χ3n) is 3.29. The highest BCUT2D eigenvalue weighted by atomic mass is 35.5. The fourth-order valence-electron chi connectivity index (χ4n) is 2.12. The number of nitrogens with zero attached hydrogens (tertiary/aromatic N) is 1. The van der Waals surface area contributed by atoms with Crippen LogP contribution < -0.4 is 15.0 Å². The van der Waals surface area contributed by atoms with Crippen molar-refractivity contribution in [2.75, 3.05) is 23.4 Å². The van der Waals surface area contributed by atoms with Crippen molar-refractivity contribution >= 4 is 35.2 Å². The SMILES string of the molecule is C=CCOC(=O)Nc1cccc(OC(=O)N(CC)c2ccc(Cl)cc2)c1. The molecule has 2 amide bonds. The average molecular weight is 375 g/mol. The molecule has 0 heterocycles. The Bertz CT molecular complexity index is 777. The number of rotatable bonds is 6. The lowest BCUT2D eigenvalue weighted by atomic mass is 10.3. The van der Waals surface area contributed by atoms with E-state index in [0.29, 0.717) is 28.7 Å². The van der Waals surface area contributed by atoms with Crippen LogP contribution in [0.5, 0.6) is 5.75 Å². The zero-order chi connectivity index (χ0) is 18.9. The Kier molecular flexibility index (Phi) is 7.05. The largest absolute Gasteiger partial charge is 0.445 e. The van der Waals surface area contributed by atoms with Crippen molar-refractivity contribution in [1.29, 1.82) is 0 Å². The Balaban J connectivity index is 2.05. The molecule has 0 bridgehead atoms. The summed E-state index contributed by atoms with van der Waals surface area (Å²) in [5, 5.41) is 3.13. The second kappa shape index (κ2) is 9.48. The normalized spacial score (nSPS) is 9.92. The van der Waals surface area contributed by atoms with Gasteiger partial charge in [-0.05, 0) is 43.3 Å². The number of ether oxygens (including phenoxy) is 2. The second-order valence-corrected chi connectivity index (χ2v) is 5.57. The van der Waals surface area contributed by atoms with Gasteiger partial charge in [0.1, 0.15) is 12.4 Å². The summed E-state index contributed by atoms with van der Waals surface area (Å²) in [7, 11) is 0. The van der Waals surface area contributed by atoms with Crippen LogP contribution in [0.1, 0.15) is 6.92 Å². The molecular weight excluding hydrogens is 356 g/mol. The second-order valence-electron chi connectivity index (χ2n) is 5.13. The Hall–Kier alpha value is -2.99. The van der Waals surface area contributed by atoms with Crippen LogP contribution in [0.2, 0.25) is 5.02 Å². The lowest BCUT2D eigenvalue weighted by molar-refractivity contribution is 0.174. The van der Waals surface area contributed by atoms with Crippen LogP contribution in [0.25, 0.3) is 0 Å². The Morgan fingerprint density at radius 2 is 1.96 bits per heavy atom. The van der Waals surface area contributed by atoms with Crippen LogP contribution in [0.4, 0.5) is 21.0 Å². The maximum atomic E-state index is 12.5. The highest BCUT2D eigenvalue weighted by Gasteiger charge is 2.16. The summed E-state index contributed by atoms with van der Waals surface area (Å²) >= 11 is 5.87. The highest BCUT2D eigenvalue weighted by Crippen LogP contribution is 2.22. The number of hydrogen-bond donors (Lipinski definition) is 1. The summed E-state index contributed by atoms with van der Waals surface area (Å²) in [5.41, 5.74) is 1.11. The van der Waals surface area contributed by atoms with E-state index in [-0.39, 0.29) is 6.61 Å². The van der Waals surface area contributed by atoms with Gasteiger partial charge >= 0.3 is 12.2 Å². The number of anilines is 2. The van der Waals surface area contributed by atoms with Crippen molar-refractivity contribution in [1.82, 2.24) is 0 Å². The van der Waals surface area contributed by atoms with Crippen molar-refractivity contribution in [3.05, 3.63) is 66.2 Å². The topological polar surface area (TPSA) is 67.9 Å². The van der Waals surface area contributed by atoms with Crippen molar-refractivity contribution in [3.8, 4) is 5.75 Å². The summed E-state index contributed by atoms with van der Waals surface area (Å²) in [6, 6.07) is 13.3. The molecule has 0 spiro atoms. The number of halogens is 1. The van der Waals surface area contributed by atoms with Crippen LogP contribution in [-0.4, -0.2) is 25.3 Å². The first-order chi connectivity index (χ1) is 12.5. The molecule has 2 rings (SSSR count). The van der Waals surface area contributed by atoms with Crippen LogP contribution in [-0.2, 0) is 4.74 Å². The molecule has 2 aromatic rings. The van der Waals surface area contributed by atoms with Crippen LogP contribution >= 0.6 is 11.6 Å². The van der Waals surface area contributed by atoms with E-state index in [9.17, 15) is 9.59 Å². The van der Waals surface area contributed by atoms with Crippen molar-refractivity contribution in [2.24, 2.45) is 0 Å². The third-order valence-corrected chi connectivity index (χ3v) is 3.54. The van der Waals surface area contributed by atoms with E-state index in [4.69, 9.17) is 21.1 Å². The lowest BCUT2D eigenvalue weighted by Gasteiger charge is -2.20.